The molecule has 84 valence electrons. The normalized spacial score (nSPS) is 19.9. The number of nitrogens with zero attached hydrogens (tertiary/aromatic N) is 2. The van der Waals surface area contributed by atoms with Crippen LogP contribution in [-0.2, 0) is 12.8 Å². The Balaban J connectivity index is 2.35. The number of aryl methyl sites for hydroxylation is 1. The van der Waals surface area contributed by atoms with Crippen molar-refractivity contribution < 1.29 is 0 Å². The number of nitrogen functional groups attached to an aromatic ring is 1. The van der Waals surface area contributed by atoms with Crippen LogP contribution in [0.1, 0.15) is 23.8 Å². The Morgan fingerprint density at radius 2 is 2.44 bits per heavy atom. The molecular formula is C11H13N3OS. The van der Waals surface area contributed by atoms with Crippen molar-refractivity contribution in [3.8, 4) is 0 Å². The molecule has 1 aliphatic carbocycles. The molecule has 2 aromatic rings. The third-order valence-corrected chi connectivity index (χ3v) is 4.40. The SMILES string of the molecule is C[C@H]1CCc2c(sc3ncn(N)c(=O)c23)C1. The molecule has 0 aliphatic heterocycles. The van der Waals surface area contributed by atoms with Gasteiger partial charge in [0.15, 0.2) is 0 Å². The van der Waals surface area contributed by atoms with E-state index in [1.54, 1.807) is 11.3 Å². The smallest absolute Gasteiger partial charge is 0.280 e. The fourth-order valence-electron chi connectivity index (χ4n) is 2.34. The standard InChI is InChI=1S/C11H13N3OS/c1-6-2-3-7-8(4-6)16-10-9(7)11(15)14(12)5-13-10/h5-6H,2-4,12H2,1H3/t6-/m0/s1. The molecular weight excluding hydrogens is 222 g/mol. The van der Waals surface area contributed by atoms with Gasteiger partial charge in [0.25, 0.3) is 5.56 Å². The minimum Gasteiger partial charge on any atom is -0.335 e. The first-order valence-corrected chi connectivity index (χ1v) is 6.25. The van der Waals surface area contributed by atoms with Gasteiger partial charge in [0.05, 0.1) is 5.39 Å². The molecule has 0 aromatic carbocycles. The fourth-order valence-corrected chi connectivity index (χ4v) is 3.69. The Labute approximate surface area is 96.7 Å². The number of hydrogen-bond acceptors (Lipinski definition) is 4. The van der Waals surface area contributed by atoms with Gasteiger partial charge < -0.3 is 5.84 Å². The highest BCUT2D eigenvalue weighted by molar-refractivity contribution is 7.18. The highest BCUT2D eigenvalue weighted by Gasteiger charge is 2.22. The van der Waals surface area contributed by atoms with Crippen LogP contribution in [0.15, 0.2) is 11.1 Å². The molecule has 1 aliphatic rings. The summed E-state index contributed by atoms with van der Waals surface area (Å²) in [6.45, 7) is 2.25. The summed E-state index contributed by atoms with van der Waals surface area (Å²) in [5, 5.41) is 0.747. The Morgan fingerprint density at radius 1 is 1.62 bits per heavy atom. The first-order chi connectivity index (χ1) is 7.66. The second kappa shape index (κ2) is 3.31. The third kappa shape index (κ3) is 1.28. The van der Waals surface area contributed by atoms with Crippen LogP contribution in [0.25, 0.3) is 10.2 Å². The van der Waals surface area contributed by atoms with Crippen LogP contribution >= 0.6 is 11.3 Å². The van der Waals surface area contributed by atoms with E-state index in [2.05, 4.69) is 11.9 Å². The molecule has 0 bridgehead atoms. The van der Waals surface area contributed by atoms with Gasteiger partial charge in [-0.1, -0.05) is 6.92 Å². The Kier molecular flexibility index (Phi) is 2.04. The molecule has 0 spiro atoms. The van der Waals surface area contributed by atoms with Gasteiger partial charge in [-0.05, 0) is 30.7 Å². The van der Waals surface area contributed by atoms with Crippen molar-refractivity contribution >= 4 is 21.6 Å². The van der Waals surface area contributed by atoms with Crippen LogP contribution < -0.4 is 11.4 Å². The average molecular weight is 235 g/mol. The number of fused-ring (bicyclic) bond motifs is 3. The summed E-state index contributed by atoms with van der Waals surface area (Å²) in [5.74, 6) is 6.26. The number of aromatic nitrogens is 2. The summed E-state index contributed by atoms with van der Waals surface area (Å²) in [6, 6.07) is 0. The highest BCUT2D eigenvalue weighted by Crippen LogP contribution is 2.35. The summed E-state index contributed by atoms with van der Waals surface area (Å²) in [6.07, 6.45) is 4.60. The quantitative estimate of drug-likeness (QED) is 0.700. The predicted molar refractivity (Wildman–Crippen MR) is 65.2 cm³/mol. The van der Waals surface area contributed by atoms with E-state index in [0.717, 1.165) is 34.2 Å². The van der Waals surface area contributed by atoms with Crippen molar-refractivity contribution in [1.82, 2.24) is 9.66 Å². The molecule has 16 heavy (non-hydrogen) atoms. The Bertz CT molecular complexity index is 613. The summed E-state index contributed by atoms with van der Waals surface area (Å²) < 4.78 is 1.08. The maximum absolute atomic E-state index is 11.9. The van der Waals surface area contributed by atoms with Gasteiger partial charge in [0.2, 0.25) is 0 Å². The van der Waals surface area contributed by atoms with E-state index in [0.29, 0.717) is 5.92 Å². The summed E-state index contributed by atoms with van der Waals surface area (Å²) in [5.41, 5.74) is 1.08. The molecule has 0 radical (unpaired) electrons. The lowest BCUT2D eigenvalue weighted by atomic mass is 9.89. The van der Waals surface area contributed by atoms with Crippen LogP contribution in [0.3, 0.4) is 0 Å². The molecule has 5 heteroatoms. The van der Waals surface area contributed by atoms with E-state index >= 15 is 0 Å². The Morgan fingerprint density at radius 3 is 3.25 bits per heavy atom. The highest BCUT2D eigenvalue weighted by atomic mass is 32.1. The molecule has 4 nitrogen and oxygen atoms in total. The number of nitrogens with two attached hydrogens (primary N) is 1. The van der Waals surface area contributed by atoms with Gasteiger partial charge in [0, 0.05) is 4.88 Å². The molecule has 0 saturated carbocycles. The molecule has 2 N–H and O–H groups in total. The molecule has 0 unspecified atom stereocenters. The third-order valence-electron chi connectivity index (χ3n) is 3.24. The number of hydrogen-bond donors (Lipinski definition) is 1. The first kappa shape index (κ1) is 9.84. The number of thiophene rings is 1. The minimum absolute atomic E-state index is 0.114. The van der Waals surface area contributed by atoms with Gasteiger partial charge in [-0.3, -0.25) is 4.79 Å². The molecule has 0 amide bonds. The van der Waals surface area contributed by atoms with Crippen molar-refractivity contribution in [2.24, 2.45) is 5.92 Å². The van der Waals surface area contributed by atoms with Crippen molar-refractivity contribution in [2.75, 3.05) is 5.84 Å². The van der Waals surface area contributed by atoms with E-state index in [-0.39, 0.29) is 5.56 Å². The maximum Gasteiger partial charge on any atom is 0.280 e. The van der Waals surface area contributed by atoms with Gasteiger partial charge in [-0.25, -0.2) is 9.66 Å². The van der Waals surface area contributed by atoms with Crippen LogP contribution in [-0.4, -0.2) is 9.66 Å². The lowest BCUT2D eigenvalue weighted by Crippen LogP contribution is -2.27. The van der Waals surface area contributed by atoms with E-state index in [4.69, 9.17) is 5.84 Å². The number of rotatable bonds is 0. The van der Waals surface area contributed by atoms with Crippen molar-refractivity contribution in [3.05, 3.63) is 27.1 Å². The molecule has 2 heterocycles. The van der Waals surface area contributed by atoms with Crippen LogP contribution in [0.5, 0.6) is 0 Å². The second-order valence-corrected chi connectivity index (χ2v) is 5.57. The van der Waals surface area contributed by atoms with E-state index in [1.165, 1.54) is 16.8 Å². The molecule has 3 rings (SSSR count). The lowest BCUT2D eigenvalue weighted by molar-refractivity contribution is 0.509. The Hall–Kier alpha value is -1.36. The summed E-state index contributed by atoms with van der Waals surface area (Å²) >= 11 is 1.65. The van der Waals surface area contributed by atoms with E-state index < -0.39 is 0 Å². The first-order valence-electron chi connectivity index (χ1n) is 5.44. The van der Waals surface area contributed by atoms with Crippen LogP contribution in [0, 0.1) is 5.92 Å². The van der Waals surface area contributed by atoms with E-state index in [9.17, 15) is 4.79 Å². The largest absolute Gasteiger partial charge is 0.335 e. The molecule has 0 saturated heterocycles. The zero-order valence-corrected chi connectivity index (χ0v) is 9.88. The van der Waals surface area contributed by atoms with Gasteiger partial charge in [-0.2, -0.15) is 0 Å². The monoisotopic (exact) mass is 235 g/mol. The molecule has 2 aromatic heterocycles. The van der Waals surface area contributed by atoms with Crippen LogP contribution in [0.2, 0.25) is 0 Å². The van der Waals surface area contributed by atoms with Crippen LogP contribution in [0.4, 0.5) is 0 Å². The maximum atomic E-state index is 11.9. The summed E-state index contributed by atoms with van der Waals surface area (Å²) in [4.78, 5) is 18.3. The predicted octanol–water partition coefficient (Wildman–Crippen LogP) is 1.30. The lowest BCUT2D eigenvalue weighted by Gasteiger charge is -2.17. The van der Waals surface area contributed by atoms with Gasteiger partial charge in [-0.15, -0.1) is 11.3 Å². The van der Waals surface area contributed by atoms with Gasteiger partial charge in [0.1, 0.15) is 11.2 Å². The zero-order valence-electron chi connectivity index (χ0n) is 9.06. The second-order valence-electron chi connectivity index (χ2n) is 4.49. The van der Waals surface area contributed by atoms with Crippen molar-refractivity contribution in [3.63, 3.8) is 0 Å². The topological polar surface area (TPSA) is 60.9 Å². The molecule has 1 atom stereocenters. The summed E-state index contributed by atoms with van der Waals surface area (Å²) in [7, 11) is 0. The van der Waals surface area contributed by atoms with Gasteiger partial charge >= 0.3 is 0 Å². The fraction of sp³-hybridized carbons (Fsp3) is 0.455. The molecule has 0 fully saturated rings. The average Bonchev–Trinajstić information content (AvgIpc) is 2.61. The van der Waals surface area contributed by atoms with Crippen molar-refractivity contribution in [2.45, 2.75) is 26.2 Å². The van der Waals surface area contributed by atoms with Crippen molar-refractivity contribution in [1.29, 1.82) is 0 Å². The minimum atomic E-state index is -0.114. The van der Waals surface area contributed by atoms with E-state index in [1.807, 2.05) is 0 Å². The zero-order chi connectivity index (χ0) is 11.3.